The molecule has 19 heavy (non-hydrogen) atoms. The summed E-state index contributed by atoms with van der Waals surface area (Å²) < 4.78 is 3.92. The second kappa shape index (κ2) is 5.57. The molecule has 0 aromatic carbocycles. The van der Waals surface area contributed by atoms with Crippen LogP contribution in [0.4, 0.5) is 0 Å². The summed E-state index contributed by atoms with van der Waals surface area (Å²) >= 11 is 0. The summed E-state index contributed by atoms with van der Waals surface area (Å²) in [7, 11) is 1.95. The van der Waals surface area contributed by atoms with Crippen molar-refractivity contribution in [2.75, 3.05) is 0 Å². The lowest BCUT2D eigenvalue weighted by atomic mass is 10.2. The molecule has 0 radical (unpaired) electrons. The van der Waals surface area contributed by atoms with Crippen LogP contribution < -0.4 is 5.32 Å². The fourth-order valence-electron chi connectivity index (χ4n) is 2.31. The van der Waals surface area contributed by atoms with Crippen molar-refractivity contribution in [2.45, 2.75) is 46.8 Å². The van der Waals surface area contributed by atoms with Gasteiger partial charge >= 0.3 is 0 Å². The van der Waals surface area contributed by atoms with Gasteiger partial charge in [0.2, 0.25) is 0 Å². The van der Waals surface area contributed by atoms with Gasteiger partial charge in [0.25, 0.3) is 0 Å². The van der Waals surface area contributed by atoms with Gasteiger partial charge in [-0.25, -0.2) is 0 Å². The van der Waals surface area contributed by atoms with Crippen LogP contribution in [0.15, 0.2) is 12.4 Å². The van der Waals surface area contributed by atoms with E-state index < -0.39 is 0 Å². The quantitative estimate of drug-likeness (QED) is 0.896. The van der Waals surface area contributed by atoms with Gasteiger partial charge in [-0.05, 0) is 27.7 Å². The molecule has 2 aromatic heterocycles. The Bertz CT molecular complexity index is 550. The molecule has 2 aromatic rings. The van der Waals surface area contributed by atoms with Crippen LogP contribution in [0.3, 0.4) is 0 Å². The highest BCUT2D eigenvalue weighted by Gasteiger charge is 2.09. The maximum atomic E-state index is 4.42. The van der Waals surface area contributed by atoms with Gasteiger partial charge in [-0.2, -0.15) is 10.2 Å². The van der Waals surface area contributed by atoms with Crippen molar-refractivity contribution in [1.29, 1.82) is 0 Å². The molecule has 5 nitrogen and oxygen atoms in total. The average Bonchev–Trinajstić information content (AvgIpc) is 2.83. The van der Waals surface area contributed by atoms with Gasteiger partial charge in [-0.1, -0.05) is 0 Å². The zero-order chi connectivity index (χ0) is 14.0. The van der Waals surface area contributed by atoms with Crippen molar-refractivity contribution in [1.82, 2.24) is 24.9 Å². The Labute approximate surface area is 114 Å². The molecule has 5 heteroatoms. The molecule has 2 heterocycles. The molecule has 0 amide bonds. The Morgan fingerprint density at radius 3 is 2.42 bits per heavy atom. The molecule has 0 atom stereocenters. The largest absolute Gasteiger partial charge is 0.308 e. The molecule has 0 fully saturated rings. The fourth-order valence-corrected chi connectivity index (χ4v) is 2.31. The lowest BCUT2D eigenvalue weighted by molar-refractivity contribution is 0.517. The van der Waals surface area contributed by atoms with Gasteiger partial charge in [0.05, 0.1) is 11.9 Å². The SMILES string of the molecule is Cc1nn(C)cc1CNCc1cnn(C(C)C)c1C. The molecule has 104 valence electrons. The van der Waals surface area contributed by atoms with Crippen molar-refractivity contribution < 1.29 is 0 Å². The van der Waals surface area contributed by atoms with E-state index >= 15 is 0 Å². The van der Waals surface area contributed by atoms with Crippen LogP contribution in [0, 0.1) is 13.8 Å². The maximum absolute atomic E-state index is 4.42. The highest BCUT2D eigenvalue weighted by molar-refractivity contribution is 5.18. The van der Waals surface area contributed by atoms with E-state index in [0.29, 0.717) is 6.04 Å². The number of aromatic nitrogens is 4. The molecule has 0 saturated heterocycles. The van der Waals surface area contributed by atoms with Crippen molar-refractivity contribution in [2.24, 2.45) is 7.05 Å². The van der Waals surface area contributed by atoms with Crippen LogP contribution in [0.25, 0.3) is 0 Å². The maximum Gasteiger partial charge on any atom is 0.0638 e. The Hall–Kier alpha value is -1.62. The molecule has 0 unspecified atom stereocenters. The standard InChI is InChI=1S/C14H23N5/c1-10(2)19-12(4)13(8-16-19)6-15-7-14-9-18(5)17-11(14)3/h8-10,15H,6-7H2,1-5H3. The molecule has 0 aliphatic rings. The molecule has 0 saturated carbocycles. The van der Waals surface area contributed by atoms with Crippen LogP contribution in [0.2, 0.25) is 0 Å². The predicted octanol–water partition coefficient (Wildman–Crippen LogP) is 2.10. The van der Waals surface area contributed by atoms with Crippen molar-refractivity contribution in [3.63, 3.8) is 0 Å². The van der Waals surface area contributed by atoms with Crippen molar-refractivity contribution in [3.05, 3.63) is 34.9 Å². The third kappa shape index (κ3) is 3.04. The second-order valence-electron chi connectivity index (χ2n) is 5.31. The number of rotatable bonds is 5. The van der Waals surface area contributed by atoms with Crippen LogP contribution in [-0.2, 0) is 20.1 Å². The van der Waals surface area contributed by atoms with Gasteiger partial charge < -0.3 is 5.32 Å². The van der Waals surface area contributed by atoms with Crippen LogP contribution >= 0.6 is 0 Å². The average molecular weight is 261 g/mol. The monoisotopic (exact) mass is 261 g/mol. The van der Waals surface area contributed by atoms with Crippen molar-refractivity contribution >= 4 is 0 Å². The molecular weight excluding hydrogens is 238 g/mol. The third-order valence-corrected chi connectivity index (χ3v) is 3.38. The Balaban J connectivity index is 1.94. The third-order valence-electron chi connectivity index (χ3n) is 3.38. The van der Waals surface area contributed by atoms with Crippen LogP contribution in [0.5, 0.6) is 0 Å². The highest BCUT2D eigenvalue weighted by Crippen LogP contribution is 2.13. The summed E-state index contributed by atoms with van der Waals surface area (Å²) in [5, 5.41) is 12.2. The molecular formula is C14H23N5. The fraction of sp³-hybridized carbons (Fsp3) is 0.571. The van der Waals surface area contributed by atoms with E-state index in [9.17, 15) is 0 Å². The highest BCUT2D eigenvalue weighted by atomic mass is 15.3. The number of nitrogens with one attached hydrogen (secondary N) is 1. The summed E-state index contributed by atoms with van der Waals surface area (Å²) in [6.07, 6.45) is 4.02. The smallest absolute Gasteiger partial charge is 0.0638 e. The van der Waals surface area contributed by atoms with E-state index in [0.717, 1.165) is 18.8 Å². The summed E-state index contributed by atoms with van der Waals surface area (Å²) in [4.78, 5) is 0. The van der Waals surface area contributed by atoms with E-state index in [1.807, 2.05) is 24.9 Å². The first kappa shape index (κ1) is 13.8. The normalized spacial score (nSPS) is 11.5. The van der Waals surface area contributed by atoms with E-state index in [1.54, 1.807) is 0 Å². The summed E-state index contributed by atoms with van der Waals surface area (Å²) in [6, 6.07) is 0.411. The number of aryl methyl sites for hydroxylation is 2. The van der Waals surface area contributed by atoms with Gasteiger partial charge in [-0.15, -0.1) is 0 Å². The van der Waals surface area contributed by atoms with E-state index in [2.05, 4.69) is 47.2 Å². The Morgan fingerprint density at radius 1 is 1.21 bits per heavy atom. The minimum Gasteiger partial charge on any atom is -0.308 e. The minimum absolute atomic E-state index is 0.411. The predicted molar refractivity (Wildman–Crippen MR) is 75.8 cm³/mol. The van der Waals surface area contributed by atoms with Crippen molar-refractivity contribution in [3.8, 4) is 0 Å². The number of nitrogens with zero attached hydrogens (tertiary/aromatic N) is 4. The minimum atomic E-state index is 0.411. The summed E-state index contributed by atoms with van der Waals surface area (Å²) in [6.45, 7) is 10.1. The first-order valence-electron chi connectivity index (χ1n) is 6.72. The molecule has 0 bridgehead atoms. The van der Waals surface area contributed by atoms with Gasteiger partial charge in [0.1, 0.15) is 0 Å². The number of hydrogen-bond donors (Lipinski definition) is 1. The van der Waals surface area contributed by atoms with E-state index in [-0.39, 0.29) is 0 Å². The van der Waals surface area contributed by atoms with E-state index in [4.69, 9.17) is 0 Å². The number of hydrogen-bond acceptors (Lipinski definition) is 3. The topological polar surface area (TPSA) is 47.7 Å². The zero-order valence-corrected chi connectivity index (χ0v) is 12.4. The molecule has 2 rings (SSSR count). The van der Waals surface area contributed by atoms with Gasteiger partial charge in [0, 0.05) is 49.2 Å². The zero-order valence-electron chi connectivity index (χ0n) is 12.4. The Kier molecular flexibility index (Phi) is 4.04. The van der Waals surface area contributed by atoms with Gasteiger partial charge in [0.15, 0.2) is 0 Å². The van der Waals surface area contributed by atoms with E-state index in [1.165, 1.54) is 16.8 Å². The summed E-state index contributed by atoms with van der Waals surface area (Å²) in [5.41, 5.74) is 4.83. The van der Waals surface area contributed by atoms with Crippen LogP contribution in [0.1, 0.15) is 42.4 Å². The Morgan fingerprint density at radius 2 is 1.89 bits per heavy atom. The van der Waals surface area contributed by atoms with Crippen LogP contribution in [-0.4, -0.2) is 19.6 Å². The molecule has 1 N–H and O–H groups in total. The first-order chi connectivity index (χ1) is 8.99. The van der Waals surface area contributed by atoms with Gasteiger partial charge in [-0.3, -0.25) is 9.36 Å². The summed E-state index contributed by atoms with van der Waals surface area (Å²) in [5.74, 6) is 0. The lowest BCUT2D eigenvalue weighted by Crippen LogP contribution is -2.14. The second-order valence-corrected chi connectivity index (χ2v) is 5.31. The lowest BCUT2D eigenvalue weighted by Gasteiger charge is -2.09. The molecule has 0 aliphatic heterocycles. The molecule has 0 aliphatic carbocycles. The molecule has 0 spiro atoms. The first-order valence-corrected chi connectivity index (χ1v) is 6.72.